The van der Waals surface area contributed by atoms with Crippen LogP contribution in [0.2, 0.25) is 0 Å². The number of rotatable bonds is 4. The average Bonchev–Trinajstić information content (AvgIpc) is 3.00. The van der Waals surface area contributed by atoms with E-state index in [1.807, 2.05) is 0 Å². The number of fused-ring (bicyclic) bond motifs is 1. The molecule has 0 spiro atoms. The van der Waals surface area contributed by atoms with E-state index in [0.29, 0.717) is 6.04 Å². The molecule has 102 valence electrons. The topological polar surface area (TPSA) is 27.3 Å². The van der Waals surface area contributed by atoms with Gasteiger partial charge in [-0.25, -0.2) is 0 Å². The van der Waals surface area contributed by atoms with Crippen molar-refractivity contribution in [2.75, 3.05) is 25.0 Å². The molecule has 0 amide bonds. The highest BCUT2D eigenvalue weighted by atomic mass is 15.2. The van der Waals surface area contributed by atoms with Gasteiger partial charge in [0.2, 0.25) is 0 Å². The summed E-state index contributed by atoms with van der Waals surface area (Å²) >= 11 is 0. The SMILES string of the molecule is c1cc2c(c(CNC3CCN(C4CC4)C3)c1)NCC2. The highest BCUT2D eigenvalue weighted by molar-refractivity contribution is 5.61. The molecule has 2 aliphatic heterocycles. The molecule has 1 unspecified atom stereocenters. The lowest BCUT2D eigenvalue weighted by atomic mass is 10.1. The molecule has 19 heavy (non-hydrogen) atoms. The zero-order valence-corrected chi connectivity index (χ0v) is 11.5. The third kappa shape index (κ3) is 2.37. The van der Waals surface area contributed by atoms with Crippen molar-refractivity contribution in [3.8, 4) is 0 Å². The predicted octanol–water partition coefficient (Wildman–Crippen LogP) is 1.98. The summed E-state index contributed by atoms with van der Waals surface area (Å²) in [6.07, 6.45) is 5.37. The fraction of sp³-hybridized carbons (Fsp3) is 0.625. The Bertz CT molecular complexity index is 467. The third-order valence-corrected chi connectivity index (χ3v) is 4.80. The molecule has 2 N–H and O–H groups in total. The highest BCUT2D eigenvalue weighted by Gasteiger charge is 2.34. The molecular weight excluding hydrogens is 234 g/mol. The molecule has 2 fully saturated rings. The van der Waals surface area contributed by atoms with Crippen LogP contribution < -0.4 is 10.6 Å². The Hall–Kier alpha value is -1.06. The number of hydrogen-bond acceptors (Lipinski definition) is 3. The summed E-state index contributed by atoms with van der Waals surface area (Å²) in [6, 6.07) is 8.34. The number of nitrogens with zero attached hydrogens (tertiary/aromatic N) is 1. The van der Waals surface area contributed by atoms with Gasteiger partial charge < -0.3 is 10.6 Å². The van der Waals surface area contributed by atoms with Gasteiger partial charge in [-0.3, -0.25) is 4.90 Å². The molecule has 1 saturated heterocycles. The minimum absolute atomic E-state index is 0.692. The second-order valence-corrected chi connectivity index (χ2v) is 6.22. The maximum absolute atomic E-state index is 3.76. The fourth-order valence-corrected chi connectivity index (χ4v) is 3.54. The van der Waals surface area contributed by atoms with Crippen molar-refractivity contribution in [2.24, 2.45) is 0 Å². The lowest BCUT2D eigenvalue weighted by molar-refractivity contribution is 0.317. The molecular formula is C16H23N3. The van der Waals surface area contributed by atoms with Crippen molar-refractivity contribution < 1.29 is 0 Å². The molecule has 4 rings (SSSR count). The van der Waals surface area contributed by atoms with E-state index >= 15 is 0 Å². The zero-order valence-electron chi connectivity index (χ0n) is 11.5. The van der Waals surface area contributed by atoms with E-state index < -0.39 is 0 Å². The van der Waals surface area contributed by atoms with Gasteiger partial charge in [0.05, 0.1) is 0 Å². The summed E-state index contributed by atoms with van der Waals surface area (Å²) in [6.45, 7) is 4.67. The van der Waals surface area contributed by atoms with E-state index in [2.05, 4.69) is 33.7 Å². The molecule has 1 aliphatic carbocycles. The molecule has 3 nitrogen and oxygen atoms in total. The minimum Gasteiger partial charge on any atom is -0.384 e. The number of anilines is 1. The van der Waals surface area contributed by atoms with E-state index in [0.717, 1.165) is 19.1 Å². The lowest BCUT2D eigenvalue weighted by Gasteiger charge is -2.17. The first-order chi connectivity index (χ1) is 9.40. The first-order valence-corrected chi connectivity index (χ1v) is 7.72. The maximum Gasteiger partial charge on any atom is 0.0419 e. The van der Waals surface area contributed by atoms with Gasteiger partial charge in [-0.2, -0.15) is 0 Å². The van der Waals surface area contributed by atoms with E-state index in [1.54, 1.807) is 0 Å². The standard InChI is InChI=1S/C16H23N3/c1-2-12-6-8-17-16(12)13(3-1)10-18-14-7-9-19(11-14)15-4-5-15/h1-3,14-15,17-18H,4-11H2. The van der Waals surface area contributed by atoms with E-state index in [1.165, 1.54) is 55.6 Å². The number of likely N-dealkylation sites (tertiary alicyclic amines) is 1. The Balaban J connectivity index is 1.36. The van der Waals surface area contributed by atoms with Gasteiger partial charge in [-0.1, -0.05) is 18.2 Å². The first kappa shape index (κ1) is 11.7. The van der Waals surface area contributed by atoms with E-state index in [-0.39, 0.29) is 0 Å². The van der Waals surface area contributed by atoms with Gasteiger partial charge in [0.15, 0.2) is 0 Å². The summed E-state index contributed by atoms with van der Waals surface area (Å²) in [5.74, 6) is 0. The normalized spacial score (nSPS) is 26.4. The molecule has 2 heterocycles. The van der Waals surface area contributed by atoms with Crippen LogP contribution in [-0.4, -0.2) is 36.6 Å². The Labute approximate surface area is 115 Å². The van der Waals surface area contributed by atoms with Crippen LogP contribution in [0.4, 0.5) is 5.69 Å². The van der Waals surface area contributed by atoms with Gasteiger partial charge in [0.1, 0.15) is 0 Å². The van der Waals surface area contributed by atoms with Crippen LogP contribution in [0.25, 0.3) is 0 Å². The summed E-state index contributed by atoms with van der Waals surface area (Å²) in [5.41, 5.74) is 4.33. The van der Waals surface area contributed by atoms with Gasteiger partial charge in [0, 0.05) is 44.0 Å². The molecule has 1 aromatic rings. The molecule has 1 atom stereocenters. The molecule has 0 aromatic heterocycles. The summed E-state index contributed by atoms with van der Waals surface area (Å²) in [7, 11) is 0. The second kappa shape index (κ2) is 4.80. The monoisotopic (exact) mass is 257 g/mol. The summed E-state index contributed by atoms with van der Waals surface area (Å²) < 4.78 is 0. The Morgan fingerprint density at radius 1 is 1.26 bits per heavy atom. The number of nitrogens with one attached hydrogen (secondary N) is 2. The maximum atomic E-state index is 3.76. The van der Waals surface area contributed by atoms with Gasteiger partial charge in [-0.15, -0.1) is 0 Å². The summed E-state index contributed by atoms with van der Waals surface area (Å²) in [4.78, 5) is 2.67. The van der Waals surface area contributed by atoms with Crippen LogP contribution in [0.3, 0.4) is 0 Å². The van der Waals surface area contributed by atoms with E-state index in [4.69, 9.17) is 0 Å². The fourth-order valence-electron chi connectivity index (χ4n) is 3.54. The lowest BCUT2D eigenvalue weighted by Crippen LogP contribution is -2.33. The number of hydrogen-bond donors (Lipinski definition) is 2. The van der Waals surface area contributed by atoms with Crippen LogP contribution in [0.5, 0.6) is 0 Å². The van der Waals surface area contributed by atoms with Gasteiger partial charge >= 0.3 is 0 Å². The van der Waals surface area contributed by atoms with Gasteiger partial charge in [-0.05, 0) is 36.8 Å². The Morgan fingerprint density at radius 2 is 2.21 bits per heavy atom. The average molecular weight is 257 g/mol. The van der Waals surface area contributed by atoms with E-state index in [9.17, 15) is 0 Å². The van der Waals surface area contributed by atoms with Crippen LogP contribution in [-0.2, 0) is 13.0 Å². The van der Waals surface area contributed by atoms with Crippen molar-refractivity contribution >= 4 is 5.69 Å². The summed E-state index contributed by atoms with van der Waals surface area (Å²) in [5, 5.41) is 7.29. The first-order valence-electron chi connectivity index (χ1n) is 7.72. The van der Waals surface area contributed by atoms with Crippen molar-refractivity contribution in [3.63, 3.8) is 0 Å². The quantitative estimate of drug-likeness (QED) is 0.863. The number of para-hydroxylation sites is 1. The molecule has 3 heteroatoms. The van der Waals surface area contributed by atoms with Crippen molar-refractivity contribution in [2.45, 2.75) is 44.3 Å². The largest absolute Gasteiger partial charge is 0.384 e. The Kier molecular flexibility index (Phi) is 2.97. The molecule has 0 radical (unpaired) electrons. The van der Waals surface area contributed by atoms with Crippen molar-refractivity contribution in [3.05, 3.63) is 29.3 Å². The smallest absolute Gasteiger partial charge is 0.0419 e. The molecule has 3 aliphatic rings. The molecule has 1 saturated carbocycles. The zero-order chi connectivity index (χ0) is 12.7. The van der Waals surface area contributed by atoms with Crippen LogP contribution in [0, 0.1) is 0 Å². The number of benzene rings is 1. The third-order valence-electron chi connectivity index (χ3n) is 4.80. The highest BCUT2D eigenvalue weighted by Crippen LogP contribution is 2.30. The second-order valence-electron chi connectivity index (χ2n) is 6.22. The Morgan fingerprint density at radius 3 is 3.11 bits per heavy atom. The van der Waals surface area contributed by atoms with Crippen LogP contribution in [0.15, 0.2) is 18.2 Å². The molecule has 1 aromatic carbocycles. The molecule has 0 bridgehead atoms. The van der Waals surface area contributed by atoms with Crippen LogP contribution in [0.1, 0.15) is 30.4 Å². The minimum atomic E-state index is 0.692. The predicted molar refractivity (Wildman–Crippen MR) is 78.5 cm³/mol. The van der Waals surface area contributed by atoms with Crippen molar-refractivity contribution in [1.29, 1.82) is 0 Å². The van der Waals surface area contributed by atoms with Crippen LogP contribution >= 0.6 is 0 Å². The van der Waals surface area contributed by atoms with Crippen molar-refractivity contribution in [1.82, 2.24) is 10.2 Å². The van der Waals surface area contributed by atoms with Gasteiger partial charge in [0.25, 0.3) is 0 Å².